The lowest BCUT2D eigenvalue weighted by molar-refractivity contribution is 0.406. The second-order valence-electron chi connectivity index (χ2n) is 4.55. The van der Waals surface area contributed by atoms with E-state index in [1.165, 1.54) is 18.1 Å². The molecule has 3 aromatic rings. The van der Waals surface area contributed by atoms with Gasteiger partial charge < -0.3 is 14.4 Å². The van der Waals surface area contributed by atoms with Crippen molar-refractivity contribution in [2.45, 2.75) is 11.8 Å². The van der Waals surface area contributed by atoms with Crippen LogP contribution in [-0.4, -0.2) is 26.7 Å². The Morgan fingerprint density at radius 2 is 2.04 bits per heavy atom. The molecule has 1 heterocycles. The Labute approximate surface area is 140 Å². The van der Waals surface area contributed by atoms with Crippen molar-refractivity contribution in [3.05, 3.63) is 30.1 Å². The maximum absolute atomic E-state index is 10.1. The molecule has 0 atom stereocenters. The highest BCUT2D eigenvalue weighted by atomic mass is 32.2. The van der Waals surface area contributed by atoms with Crippen molar-refractivity contribution < 1.29 is 14.4 Å². The van der Waals surface area contributed by atoms with Gasteiger partial charge in [0.25, 0.3) is 0 Å². The van der Waals surface area contributed by atoms with E-state index in [1.807, 2.05) is 12.1 Å². The van der Waals surface area contributed by atoms with Gasteiger partial charge in [0.1, 0.15) is 11.5 Å². The largest absolute Gasteiger partial charge is 0.504 e. The fourth-order valence-electron chi connectivity index (χ4n) is 2.01. The minimum Gasteiger partial charge on any atom is -0.504 e. The van der Waals surface area contributed by atoms with E-state index in [2.05, 4.69) is 19.6 Å². The van der Waals surface area contributed by atoms with Crippen LogP contribution in [0.3, 0.4) is 0 Å². The maximum atomic E-state index is 10.1. The summed E-state index contributed by atoms with van der Waals surface area (Å²) < 4.78 is 9.03. The Hall–Kier alpha value is -2.23. The van der Waals surface area contributed by atoms with Crippen LogP contribution >= 0.6 is 23.6 Å². The summed E-state index contributed by atoms with van der Waals surface area (Å²) in [6.07, 6.45) is 0. The first kappa shape index (κ1) is 15.7. The average Bonchev–Trinajstić information content (AvgIpc) is 2.94. The molecule has 0 aliphatic carbocycles. The van der Waals surface area contributed by atoms with Crippen molar-refractivity contribution in [3.63, 3.8) is 0 Å². The summed E-state index contributed by atoms with van der Waals surface area (Å²) in [5, 5.41) is 29.8. The molecule has 0 unspecified atom stereocenters. The van der Waals surface area contributed by atoms with Crippen LogP contribution in [0.5, 0.6) is 11.5 Å². The Morgan fingerprint density at radius 3 is 2.74 bits per heavy atom. The molecule has 0 aliphatic heterocycles. The lowest BCUT2D eigenvalue weighted by atomic mass is 10.1. The van der Waals surface area contributed by atoms with Crippen molar-refractivity contribution in [2.75, 3.05) is 7.11 Å². The fraction of sp³-hybridized carbons (Fsp3) is 0.143. The van der Waals surface area contributed by atoms with Gasteiger partial charge in [-0.25, -0.2) is 4.98 Å². The summed E-state index contributed by atoms with van der Waals surface area (Å²) in [5.74, 6) is 0.0178. The number of aromatic nitrogens is 2. The molecular weight excluding hydrogens is 336 g/mol. The molecule has 0 saturated carbocycles. The summed E-state index contributed by atoms with van der Waals surface area (Å²) in [6, 6.07) is 6.92. The SMILES string of the molecule is COSc1ccc2c(N=Nc3nc(C)ns3)c(O)c(O)cc2c1. The van der Waals surface area contributed by atoms with Crippen LogP contribution in [-0.2, 0) is 4.18 Å². The van der Waals surface area contributed by atoms with E-state index in [1.54, 1.807) is 20.1 Å². The number of phenols is 2. The first-order chi connectivity index (χ1) is 11.1. The second-order valence-corrected chi connectivity index (χ2v) is 6.25. The Balaban J connectivity index is 2.10. The lowest BCUT2D eigenvalue weighted by Crippen LogP contribution is -1.80. The molecule has 3 rings (SSSR count). The third-order valence-corrected chi connectivity index (χ3v) is 4.27. The molecule has 0 bridgehead atoms. The standard InChI is InChI=1S/C14H12N4O3S2/c1-7-15-14(22-18-7)17-16-12-10-4-3-9(23-21-2)5-8(10)6-11(19)13(12)20/h3-6,19-20H,1-2H3. The molecule has 0 spiro atoms. The van der Waals surface area contributed by atoms with E-state index in [9.17, 15) is 10.2 Å². The first-order valence-corrected chi connectivity index (χ1v) is 8.01. The van der Waals surface area contributed by atoms with Crippen LogP contribution in [0.4, 0.5) is 10.8 Å². The summed E-state index contributed by atoms with van der Waals surface area (Å²) >= 11 is 2.31. The highest BCUT2D eigenvalue weighted by Gasteiger charge is 2.13. The molecule has 23 heavy (non-hydrogen) atoms. The molecule has 0 aliphatic rings. The van der Waals surface area contributed by atoms with Crippen LogP contribution in [0, 0.1) is 6.92 Å². The zero-order chi connectivity index (χ0) is 16.4. The van der Waals surface area contributed by atoms with Gasteiger partial charge in [0.2, 0.25) is 5.13 Å². The van der Waals surface area contributed by atoms with Crippen LogP contribution < -0.4 is 0 Å². The van der Waals surface area contributed by atoms with Crippen LogP contribution in [0.15, 0.2) is 39.4 Å². The zero-order valence-electron chi connectivity index (χ0n) is 12.2. The van der Waals surface area contributed by atoms with Gasteiger partial charge in [-0.2, -0.15) is 4.37 Å². The number of aryl methyl sites for hydroxylation is 1. The molecule has 1 aromatic heterocycles. The van der Waals surface area contributed by atoms with E-state index < -0.39 is 0 Å². The molecule has 0 amide bonds. The summed E-state index contributed by atoms with van der Waals surface area (Å²) in [6.45, 7) is 1.76. The third kappa shape index (κ3) is 3.26. The fourth-order valence-corrected chi connectivity index (χ4v) is 3.01. The number of benzene rings is 2. The molecule has 0 radical (unpaired) electrons. The predicted octanol–water partition coefficient (Wildman–Crippen LogP) is 4.48. The minimum atomic E-state index is -0.324. The number of phenolic OH excluding ortho intramolecular Hbond substituents is 2. The van der Waals surface area contributed by atoms with Gasteiger partial charge in [-0.05, 0) is 30.5 Å². The van der Waals surface area contributed by atoms with Crippen molar-refractivity contribution in [3.8, 4) is 11.5 Å². The van der Waals surface area contributed by atoms with Crippen molar-refractivity contribution in [2.24, 2.45) is 10.2 Å². The average molecular weight is 348 g/mol. The Bertz CT molecular complexity index is 895. The number of hydrogen-bond acceptors (Lipinski definition) is 9. The van der Waals surface area contributed by atoms with Gasteiger partial charge in [-0.15, -0.1) is 10.2 Å². The lowest BCUT2D eigenvalue weighted by Gasteiger charge is -2.07. The van der Waals surface area contributed by atoms with Gasteiger partial charge in [-0.1, -0.05) is 6.07 Å². The predicted molar refractivity (Wildman–Crippen MR) is 89.0 cm³/mol. The monoisotopic (exact) mass is 348 g/mol. The maximum Gasteiger partial charge on any atom is 0.249 e. The van der Waals surface area contributed by atoms with E-state index in [4.69, 9.17) is 4.18 Å². The van der Waals surface area contributed by atoms with Crippen LogP contribution in [0.1, 0.15) is 5.82 Å². The van der Waals surface area contributed by atoms with E-state index >= 15 is 0 Å². The van der Waals surface area contributed by atoms with Crippen molar-refractivity contribution in [1.82, 2.24) is 9.36 Å². The third-order valence-electron chi connectivity index (χ3n) is 2.97. The molecule has 7 nitrogen and oxygen atoms in total. The number of azo groups is 1. The van der Waals surface area contributed by atoms with Gasteiger partial charge in [-0.3, -0.25) is 0 Å². The smallest absolute Gasteiger partial charge is 0.249 e. The van der Waals surface area contributed by atoms with Gasteiger partial charge in [0, 0.05) is 33.9 Å². The summed E-state index contributed by atoms with van der Waals surface area (Å²) in [7, 11) is 1.58. The van der Waals surface area contributed by atoms with Crippen molar-refractivity contribution in [1.29, 1.82) is 0 Å². The van der Waals surface area contributed by atoms with Gasteiger partial charge in [0.15, 0.2) is 11.5 Å². The molecule has 118 valence electrons. The van der Waals surface area contributed by atoms with E-state index in [0.717, 1.165) is 16.4 Å². The summed E-state index contributed by atoms with van der Waals surface area (Å²) in [4.78, 5) is 4.95. The quantitative estimate of drug-likeness (QED) is 0.409. The molecular formula is C14H12N4O3S2. The van der Waals surface area contributed by atoms with Crippen LogP contribution in [0.25, 0.3) is 10.8 Å². The molecule has 2 N–H and O–H groups in total. The highest BCUT2D eigenvalue weighted by molar-refractivity contribution is 7.94. The van der Waals surface area contributed by atoms with Gasteiger partial charge >= 0.3 is 0 Å². The van der Waals surface area contributed by atoms with Gasteiger partial charge in [0.05, 0.1) is 7.11 Å². The number of nitrogens with zero attached hydrogens (tertiary/aromatic N) is 4. The first-order valence-electron chi connectivity index (χ1n) is 6.50. The second kappa shape index (κ2) is 6.49. The topological polar surface area (TPSA) is 100 Å². The normalized spacial score (nSPS) is 11.6. The van der Waals surface area contributed by atoms with Crippen LogP contribution in [0.2, 0.25) is 0 Å². The number of rotatable bonds is 4. The number of aromatic hydroxyl groups is 2. The van der Waals surface area contributed by atoms with E-state index in [0.29, 0.717) is 21.7 Å². The number of fused-ring (bicyclic) bond motifs is 1. The Kier molecular flexibility index (Phi) is 4.42. The zero-order valence-corrected chi connectivity index (χ0v) is 13.9. The Morgan fingerprint density at radius 1 is 1.22 bits per heavy atom. The molecule has 0 fully saturated rings. The number of hydrogen-bond donors (Lipinski definition) is 2. The molecule has 9 heteroatoms. The molecule has 0 saturated heterocycles. The van der Waals surface area contributed by atoms with Crippen molar-refractivity contribution >= 4 is 45.2 Å². The minimum absolute atomic E-state index is 0.182. The highest BCUT2D eigenvalue weighted by Crippen LogP contribution is 2.43. The van der Waals surface area contributed by atoms with E-state index in [-0.39, 0.29) is 17.2 Å². The molecule has 2 aromatic carbocycles. The summed E-state index contributed by atoms with van der Waals surface area (Å²) in [5.41, 5.74) is 0.182.